The van der Waals surface area contributed by atoms with E-state index in [1.54, 1.807) is 6.92 Å². The van der Waals surface area contributed by atoms with Crippen molar-refractivity contribution in [2.45, 2.75) is 31.8 Å². The Labute approximate surface area is 126 Å². The molecular formula is C16H16O6. The van der Waals surface area contributed by atoms with Gasteiger partial charge in [0, 0.05) is 23.6 Å². The van der Waals surface area contributed by atoms with Gasteiger partial charge in [-0.15, -0.1) is 0 Å². The molecule has 0 saturated heterocycles. The molecule has 0 aromatic heterocycles. The van der Waals surface area contributed by atoms with Crippen LogP contribution in [-0.4, -0.2) is 39.6 Å². The summed E-state index contributed by atoms with van der Waals surface area (Å²) in [6.45, 7) is 1.62. The maximum absolute atomic E-state index is 12.3. The van der Waals surface area contributed by atoms with Crippen molar-refractivity contribution in [2.24, 2.45) is 0 Å². The largest absolute Gasteiger partial charge is 0.507 e. The van der Waals surface area contributed by atoms with Crippen LogP contribution in [0, 0.1) is 0 Å². The summed E-state index contributed by atoms with van der Waals surface area (Å²) in [5.41, 5.74) is -0.752. The fraction of sp³-hybridized carbons (Fsp3) is 0.375. The normalized spacial score (nSPS) is 23.7. The van der Waals surface area contributed by atoms with Gasteiger partial charge in [0.2, 0.25) is 5.78 Å². The Morgan fingerprint density at radius 2 is 1.77 bits per heavy atom. The summed E-state index contributed by atoms with van der Waals surface area (Å²) < 4.78 is 4.86. The SMILES string of the molecule is COC1=CC(=O)c2c(O)c3c(c(O)c2C1=O)C[C@](C)(O)CC3. The monoisotopic (exact) mass is 304 g/mol. The first kappa shape index (κ1) is 14.6. The van der Waals surface area contributed by atoms with E-state index in [1.807, 2.05) is 0 Å². The lowest BCUT2D eigenvalue weighted by molar-refractivity contribution is 0.0446. The van der Waals surface area contributed by atoms with Gasteiger partial charge in [0.1, 0.15) is 11.5 Å². The van der Waals surface area contributed by atoms with Crippen molar-refractivity contribution in [1.82, 2.24) is 0 Å². The van der Waals surface area contributed by atoms with Crippen LogP contribution in [0.2, 0.25) is 0 Å². The number of rotatable bonds is 1. The molecule has 2 aliphatic rings. The van der Waals surface area contributed by atoms with E-state index >= 15 is 0 Å². The van der Waals surface area contributed by atoms with Crippen LogP contribution in [0.1, 0.15) is 45.2 Å². The van der Waals surface area contributed by atoms with E-state index in [1.165, 1.54) is 7.11 Å². The minimum atomic E-state index is -1.03. The molecule has 0 saturated carbocycles. The number of phenolic OH excluding ortho intramolecular Hbond substituents is 2. The third-order valence-corrected chi connectivity index (χ3v) is 4.31. The molecule has 6 heteroatoms. The molecule has 1 aromatic carbocycles. The van der Waals surface area contributed by atoms with Crippen molar-refractivity contribution < 1.29 is 29.6 Å². The van der Waals surface area contributed by atoms with Crippen LogP contribution >= 0.6 is 0 Å². The Kier molecular flexibility index (Phi) is 3.04. The van der Waals surface area contributed by atoms with Gasteiger partial charge in [-0.25, -0.2) is 0 Å². The first-order valence-corrected chi connectivity index (χ1v) is 6.93. The third-order valence-electron chi connectivity index (χ3n) is 4.31. The van der Waals surface area contributed by atoms with Crippen LogP contribution in [-0.2, 0) is 17.6 Å². The molecular weight excluding hydrogens is 288 g/mol. The zero-order chi connectivity index (χ0) is 16.2. The number of carbonyl (C=O) groups excluding carboxylic acids is 2. The summed E-state index contributed by atoms with van der Waals surface area (Å²) in [5, 5.41) is 31.0. The Hall–Kier alpha value is -2.34. The summed E-state index contributed by atoms with van der Waals surface area (Å²) in [6, 6.07) is 0. The summed E-state index contributed by atoms with van der Waals surface area (Å²) in [6.07, 6.45) is 1.82. The predicted molar refractivity (Wildman–Crippen MR) is 76.2 cm³/mol. The summed E-state index contributed by atoms with van der Waals surface area (Å²) in [7, 11) is 1.25. The van der Waals surface area contributed by atoms with Crippen molar-refractivity contribution in [3.8, 4) is 11.5 Å². The van der Waals surface area contributed by atoms with Crippen molar-refractivity contribution in [3.05, 3.63) is 34.1 Å². The van der Waals surface area contributed by atoms with Crippen LogP contribution < -0.4 is 0 Å². The van der Waals surface area contributed by atoms with Crippen LogP contribution in [0.5, 0.6) is 11.5 Å². The molecule has 2 aliphatic carbocycles. The fourth-order valence-electron chi connectivity index (χ4n) is 3.14. The van der Waals surface area contributed by atoms with Gasteiger partial charge >= 0.3 is 0 Å². The average Bonchev–Trinajstić information content (AvgIpc) is 2.45. The molecule has 3 N–H and O–H groups in total. The van der Waals surface area contributed by atoms with Gasteiger partial charge in [-0.3, -0.25) is 9.59 Å². The second-order valence-electron chi connectivity index (χ2n) is 5.98. The molecule has 0 bridgehead atoms. The maximum atomic E-state index is 12.3. The second kappa shape index (κ2) is 4.58. The highest BCUT2D eigenvalue weighted by Crippen LogP contribution is 2.45. The standard InChI is InChI=1S/C16H16O6/c1-16(21)4-3-7-8(6-16)14(19)12-11(13(7)18)9(17)5-10(22-2)15(12)20/h5,18-19,21H,3-4,6H2,1-2H3/t16-/m1/s1. The van der Waals surface area contributed by atoms with E-state index in [0.717, 1.165) is 6.08 Å². The smallest absolute Gasteiger partial charge is 0.232 e. The van der Waals surface area contributed by atoms with Gasteiger partial charge in [-0.05, 0) is 19.8 Å². The number of aromatic hydroxyl groups is 2. The van der Waals surface area contributed by atoms with E-state index in [-0.39, 0.29) is 34.8 Å². The zero-order valence-corrected chi connectivity index (χ0v) is 12.3. The second-order valence-corrected chi connectivity index (χ2v) is 5.98. The topological polar surface area (TPSA) is 104 Å². The molecule has 0 amide bonds. The molecule has 1 atom stereocenters. The molecule has 1 aromatic rings. The summed E-state index contributed by atoms with van der Waals surface area (Å²) in [5.74, 6) is -2.07. The number of ether oxygens (including phenoxy) is 1. The lowest BCUT2D eigenvalue weighted by atomic mass is 9.77. The lowest BCUT2D eigenvalue weighted by Crippen LogP contribution is -2.33. The molecule has 0 fully saturated rings. The van der Waals surface area contributed by atoms with E-state index in [4.69, 9.17) is 4.74 Å². The van der Waals surface area contributed by atoms with Gasteiger partial charge in [0.25, 0.3) is 0 Å². The van der Waals surface area contributed by atoms with Crippen LogP contribution in [0.3, 0.4) is 0 Å². The Bertz CT molecular complexity index is 742. The Morgan fingerprint density at radius 1 is 1.14 bits per heavy atom. The lowest BCUT2D eigenvalue weighted by Gasteiger charge is -2.32. The molecule has 0 radical (unpaired) electrons. The molecule has 0 unspecified atom stereocenters. The van der Waals surface area contributed by atoms with E-state index in [9.17, 15) is 24.9 Å². The molecule has 6 nitrogen and oxygen atoms in total. The fourth-order valence-corrected chi connectivity index (χ4v) is 3.14. The van der Waals surface area contributed by atoms with Crippen LogP contribution in [0.25, 0.3) is 0 Å². The quantitative estimate of drug-likeness (QED) is 0.674. The van der Waals surface area contributed by atoms with Gasteiger partial charge in [-0.2, -0.15) is 0 Å². The first-order chi connectivity index (χ1) is 10.3. The number of hydrogen-bond acceptors (Lipinski definition) is 6. The molecule has 0 spiro atoms. The minimum absolute atomic E-state index is 0.0997. The van der Waals surface area contributed by atoms with Crippen molar-refractivity contribution in [3.63, 3.8) is 0 Å². The molecule has 22 heavy (non-hydrogen) atoms. The summed E-state index contributed by atoms with van der Waals surface area (Å²) >= 11 is 0. The molecule has 116 valence electrons. The number of aliphatic hydroxyl groups is 1. The number of allylic oxidation sites excluding steroid dienone is 2. The van der Waals surface area contributed by atoms with Crippen molar-refractivity contribution >= 4 is 11.6 Å². The van der Waals surface area contributed by atoms with Gasteiger partial charge in [-0.1, -0.05) is 0 Å². The van der Waals surface area contributed by atoms with E-state index < -0.39 is 17.2 Å². The molecule has 3 rings (SSSR count). The van der Waals surface area contributed by atoms with Crippen LogP contribution in [0.15, 0.2) is 11.8 Å². The Morgan fingerprint density at radius 3 is 2.41 bits per heavy atom. The number of methoxy groups -OCH3 is 1. The first-order valence-electron chi connectivity index (χ1n) is 6.93. The third kappa shape index (κ3) is 1.91. The highest BCUT2D eigenvalue weighted by molar-refractivity contribution is 6.26. The molecule has 0 heterocycles. The van der Waals surface area contributed by atoms with Gasteiger partial charge < -0.3 is 20.1 Å². The van der Waals surface area contributed by atoms with Gasteiger partial charge in [0.15, 0.2) is 11.5 Å². The maximum Gasteiger partial charge on any atom is 0.232 e. The van der Waals surface area contributed by atoms with Crippen molar-refractivity contribution in [2.75, 3.05) is 7.11 Å². The predicted octanol–water partition coefficient (Wildman–Crippen LogP) is 1.25. The molecule has 0 aliphatic heterocycles. The number of carbonyl (C=O) groups is 2. The average molecular weight is 304 g/mol. The number of fused-ring (bicyclic) bond motifs is 2. The number of ketones is 2. The number of hydrogen-bond donors (Lipinski definition) is 3. The Balaban J connectivity index is 2.30. The van der Waals surface area contributed by atoms with E-state index in [0.29, 0.717) is 24.0 Å². The zero-order valence-electron chi connectivity index (χ0n) is 12.3. The number of phenols is 2. The highest BCUT2D eigenvalue weighted by atomic mass is 16.5. The number of Topliss-reactive ketones (excluding diaryl/α,β-unsaturated/α-hetero) is 1. The van der Waals surface area contributed by atoms with Crippen LogP contribution in [0.4, 0.5) is 0 Å². The minimum Gasteiger partial charge on any atom is -0.507 e. The van der Waals surface area contributed by atoms with E-state index in [2.05, 4.69) is 0 Å². The van der Waals surface area contributed by atoms with Crippen molar-refractivity contribution in [1.29, 1.82) is 0 Å². The summed E-state index contributed by atoms with van der Waals surface area (Å²) in [4.78, 5) is 24.5. The number of benzene rings is 1. The van der Waals surface area contributed by atoms with Gasteiger partial charge in [0.05, 0.1) is 23.8 Å². The highest BCUT2D eigenvalue weighted by Gasteiger charge is 2.39.